The highest BCUT2D eigenvalue weighted by molar-refractivity contribution is 5.73. The second kappa shape index (κ2) is 3.89. The Morgan fingerprint density at radius 3 is 2.36 bits per heavy atom. The fraction of sp³-hybridized carbons (Fsp3) is 0.909. The summed E-state index contributed by atoms with van der Waals surface area (Å²) in [5.41, 5.74) is 0.229. The van der Waals surface area contributed by atoms with E-state index in [1.54, 1.807) is 6.92 Å². The lowest BCUT2D eigenvalue weighted by Gasteiger charge is -2.32. The summed E-state index contributed by atoms with van der Waals surface area (Å²) in [6, 6.07) is 0.409. The molecule has 1 aliphatic rings. The largest absolute Gasteiger partial charge is 0.342 e. The van der Waals surface area contributed by atoms with Crippen LogP contribution >= 0.6 is 0 Å². The third-order valence-electron chi connectivity index (χ3n) is 3.16. The van der Waals surface area contributed by atoms with Crippen molar-refractivity contribution in [2.45, 2.75) is 45.7 Å². The summed E-state index contributed by atoms with van der Waals surface area (Å²) in [7, 11) is 1.90. The van der Waals surface area contributed by atoms with E-state index in [9.17, 15) is 4.79 Å². The van der Waals surface area contributed by atoms with Crippen molar-refractivity contribution < 1.29 is 4.79 Å². The Hall–Kier alpha value is -0.570. The fourth-order valence-corrected chi connectivity index (χ4v) is 1.92. The molecule has 0 N–H and O–H groups in total. The van der Waals surface area contributed by atoms with Crippen LogP contribution in [0.4, 0.5) is 0 Å². The fourth-order valence-electron chi connectivity index (χ4n) is 1.92. The maximum atomic E-state index is 11.2. The number of amides is 1. The molecule has 1 rings (SSSR count). The average molecular weight is 198 g/mol. The van der Waals surface area contributed by atoms with Crippen molar-refractivity contribution in [1.29, 1.82) is 0 Å². The van der Waals surface area contributed by atoms with Crippen LogP contribution in [0.1, 0.15) is 34.1 Å². The van der Waals surface area contributed by atoms with Crippen molar-refractivity contribution in [3.63, 3.8) is 0 Å². The lowest BCUT2D eigenvalue weighted by atomic mass is 10.1. The Morgan fingerprint density at radius 1 is 1.43 bits per heavy atom. The van der Waals surface area contributed by atoms with Gasteiger partial charge in [-0.1, -0.05) is 0 Å². The van der Waals surface area contributed by atoms with Gasteiger partial charge in [0.2, 0.25) is 5.91 Å². The van der Waals surface area contributed by atoms with Crippen LogP contribution in [0.2, 0.25) is 0 Å². The minimum Gasteiger partial charge on any atom is -0.342 e. The van der Waals surface area contributed by atoms with Gasteiger partial charge in [0.15, 0.2) is 0 Å². The molecule has 1 atom stereocenters. The SMILES string of the molecule is CC(=O)N(C)[C@@H]1CCN(C(C)(C)C)C1. The highest BCUT2D eigenvalue weighted by Crippen LogP contribution is 2.22. The van der Waals surface area contributed by atoms with E-state index in [1.807, 2.05) is 11.9 Å². The third kappa shape index (κ3) is 2.47. The van der Waals surface area contributed by atoms with E-state index in [4.69, 9.17) is 0 Å². The van der Waals surface area contributed by atoms with Crippen molar-refractivity contribution in [2.24, 2.45) is 0 Å². The first-order valence-electron chi connectivity index (χ1n) is 5.31. The highest BCUT2D eigenvalue weighted by Gasteiger charge is 2.32. The minimum absolute atomic E-state index is 0.172. The number of likely N-dealkylation sites (N-methyl/N-ethyl adjacent to an activating group) is 1. The summed E-state index contributed by atoms with van der Waals surface area (Å²) in [5, 5.41) is 0. The molecule has 0 saturated carbocycles. The Balaban J connectivity index is 2.53. The number of likely N-dealkylation sites (tertiary alicyclic amines) is 1. The summed E-state index contributed by atoms with van der Waals surface area (Å²) in [5.74, 6) is 0.172. The minimum atomic E-state index is 0.172. The smallest absolute Gasteiger partial charge is 0.219 e. The normalized spacial score (nSPS) is 23.9. The number of nitrogens with zero attached hydrogens (tertiary/aromatic N) is 2. The predicted molar refractivity (Wildman–Crippen MR) is 58.2 cm³/mol. The summed E-state index contributed by atoms with van der Waals surface area (Å²) < 4.78 is 0. The molecule has 0 spiro atoms. The van der Waals surface area contributed by atoms with E-state index in [2.05, 4.69) is 25.7 Å². The van der Waals surface area contributed by atoms with E-state index >= 15 is 0 Å². The molecule has 3 nitrogen and oxygen atoms in total. The van der Waals surface area contributed by atoms with Crippen LogP contribution in [-0.4, -0.2) is 47.4 Å². The molecule has 0 aromatic carbocycles. The van der Waals surface area contributed by atoms with Gasteiger partial charge in [-0.3, -0.25) is 9.69 Å². The number of carbonyl (C=O) groups excluding carboxylic acids is 1. The third-order valence-corrected chi connectivity index (χ3v) is 3.16. The zero-order chi connectivity index (χ0) is 10.9. The molecular weight excluding hydrogens is 176 g/mol. The maximum Gasteiger partial charge on any atom is 0.219 e. The summed E-state index contributed by atoms with van der Waals surface area (Å²) in [6.45, 7) is 10.4. The van der Waals surface area contributed by atoms with Gasteiger partial charge in [0.05, 0.1) is 0 Å². The highest BCUT2D eigenvalue weighted by atomic mass is 16.2. The number of hydrogen-bond acceptors (Lipinski definition) is 2. The first-order valence-corrected chi connectivity index (χ1v) is 5.31. The zero-order valence-corrected chi connectivity index (χ0v) is 10.0. The molecule has 0 aliphatic carbocycles. The molecule has 0 aromatic rings. The van der Waals surface area contributed by atoms with Crippen molar-refractivity contribution >= 4 is 5.91 Å². The van der Waals surface area contributed by atoms with E-state index in [0.29, 0.717) is 6.04 Å². The topological polar surface area (TPSA) is 23.6 Å². The number of carbonyl (C=O) groups is 1. The van der Waals surface area contributed by atoms with Gasteiger partial charge in [-0.15, -0.1) is 0 Å². The molecule has 1 heterocycles. The van der Waals surface area contributed by atoms with E-state index in [-0.39, 0.29) is 11.4 Å². The van der Waals surface area contributed by atoms with E-state index < -0.39 is 0 Å². The summed E-state index contributed by atoms with van der Waals surface area (Å²) in [4.78, 5) is 15.5. The van der Waals surface area contributed by atoms with Gasteiger partial charge in [0.1, 0.15) is 0 Å². The number of rotatable bonds is 1. The molecule has 82 valence electrons. The van der Waals surface area contributed by atoms with Crippen molar-refractivity contribution in [3.8, 4) is 0 Å². The van der Waals surface area contributed by atoms with Crippen LogP contribution in [-0.2, 0) is 4.79 Å². The quantitative estimate of drug-likeness (QED) is 0.635. The van der Waals surface area contributed by atoms with Gasteiger partial charge in [0, 0.05) is 38.6 Å². The van der Waals surface area contributed by atoms with Crippen LogP contribution in [0.25, 0.3) is 0 Å². The second-order valence-electron chi connectivity index (χ2n) is 5.19. The molecule has 14 heavy (non-hydrogen) atoms. The second-order valence-corrected chi connectivity index (χ2v) is 5.19. The van der Waals surface area contributed by atoms with Gasteiger partial charge in [-0.25, -0.2) is 0 Å². The van der Waals surface area contributed by atoms with Crippen LogP contribution in [0.3, 0.4) is 0 Å². The lowest BCUT2D eigenvalue weighted by Crippen LogP contribution is -2.43. The Labute approximate surface area is 87.1 Å². The maximum absolute atomic E-state index is 11.2. The van der Waals surface area contributed by atoms with E-state index in [0.717, 1.165) is 19.5 Å². The van der Waals surface area contributed by atoms with Gasteiger partial charge >= 0.3 is 0 Å². The average Bonchev–Trinajstić information content (AvgIpc) is 2.49. The van der Waals surface area contributed by atoms with Gasteiger partial charge in [-0.2, -0.15) is 0 Å². The van der Waals surface area contributed by atoms with Gasteiger partial charge in [0.25, 0.3) is 0 Å². The van der Waals surface area contributed by atoms with Gasteiger partial charge < -0.3 is 4.90 Å². The molecule has 0 aromatic heterocycles. The summed E-state index contributed by atoms with van der Waals surface area (Å²) >= 11 is 0. The molecule has 1 saturated heterocycles. The monoisotopic (exact) mass is 198 g/mol. The Bertz CT molecular complexity index is 220. The van der Waals surface area contributed by atoms with E-state index in [1.165, 1.54) is 0 Å². The standard InChI is InChI=1S/C11H22N2O/c1-9(14)12(5)10-6-7-13(8-10)11(2,3)4/h10H,6-8H2,1-5H3/t10-/m1/s1. The molecule has 0 radical (unpaired) electrons. The molecular formula is C11H22N2O. The number of hydrogen-bond donors (Lipinski definition) is 0. The lowest BCUT2D eigenvalue weighted by molar-refractivity contribution is -0.129. The van der Waals surface area contributed by atoms with Gasteiger partial charge in [-0.05, 0) is 27.2 Å². The molecule has 0 bridgehead atoms. The molecule has 0 unspecified atom stereocenters. The molecule has 1 amide bonds. The Morgan fingerprint density at radius 2 is 2.00 bits per heavy atom. The Kier molecular flexibility index (Phi) is 3.20. The van der Waals surface area contributed by atoms with Crippen molar-refractivity contribution in [1.82, 2.24) is 9.80 Å². The molecule has 1 fully saturated rings. The van der Waals surface area contributed by atoms with Crippen LogP contribution in [0, 0.1) is 0 Å². The zero-order valence-electron chi connectivity index (χ0n) is 10.0. The predicted octanol–water partition coefficient (Wildman–Crippen LogP) is 1.34. The van der Waals surface area contributed by atoms with Crippen molar-refractivity contribution in [2.75, 3.05) is 20.1 Å². The van der Waals surface area contributed by atoms with Crippen LogP contribution < -0.4 is 0 Å². The molecule has 1 aliphatic heterocycles. The van der Waals surface area contributed by atoms with Crippen molar-refractivity contribution in [3.05, 3.63) is 0 Å². The first kappa shape index (κ1) is 11.5. The first-order chi connectivity index (χ1) is 6.32. The molecule has 3 heteroatoms. The van der Waals surface area contributed by atoms with Crippen LogP contribution in [0.5, 0.6) is 0 Å². The van der Waals surface area contributed by atoms with Crippen LogP contribution in [0.15, 0.2) is 0 Å². The summed E-state index contributed by atoms with van der Waals surface area (Å²) in [6.07, 6.45) is 1.10.